The number of likely N-dealkylation sites (tertiary alicyclic amines) is 1. The summed E-state index contributed by atoms with van der Waals surface area (Å²) in [5.41, 5.74) is -0.471. The highest BCUT2D eigenvalue weighted by atomic mass is 79.9. The van der Waals surface area contributed by atoms with E-state index in [1.807, 2.05) is 4.90 Å². The highest BCUT2D eigenvalue weighted by Crippen LogP contribution is 2.39. The molecule has 0 aromatic carbocycles. The van der Waals surface area contributed by atoms with E-state index in [1.165, 1.54) is 6.42 Å². The average molecular weight is 276 g/mol. The number of carbonyl (C=O) groups excluding carboxylic acids is 1. The van der Waals surface area contributed by atoms with Crippen molar-refractivity contribution in [1.29, 1.82) is 0 Å². The van der Waals surface area contributed by atoms with Crippen molar-refractivity contribution < 1.29 is 9.90 Å². The van der Waals surface area contributed by atoms with Gasteiger partial charge in [0.15, 0.2) is 0 Å². The highest BCUT2D eigenvalue weighted by Gasteiger charge is 2.43. The molecular formula is C11H18BrNO2. The van der Waals surface area contributed by atoms with Crippen LogP contribution in [0.5, 0.6) is 0 Å². The number of amides is 1. The first-order valence-electron chi connectivity index (χ1n) is 5.72. The molecule has 2 fully saturated rings. The Morgan fingerprint density at radius 3 is 3.00 bits per heavy atom. The zero-order valence-electron chi connectivity index (χ0n) is 8.91. The summed E-state index contributed by atoms with van der Waals surface area (Å²) in [6.07, 6.45) is 5.09. The molecule has 1 saturated heterocycles. The fraction of sp³-hybridized carbons (Fsp3) is 0.909. The standard InChI is InChI=1S/C11H18BrNO2/c12-7-10(14)13-6-5-11(15)4-2-1-3-9(11)8-13/h9,15H,1-8H2. The monoisotopic (exact) mass is 275 g/mol. The summed E-state index contributed by atoms with van der Waals surface area (Å²) in [7, 11) is 0. The summed E-state index contributed by atoms with van der Waals surface area (Å²) in [4.78, 5) is 13.4. The zero-order valence-corrected chi connectivity index (χ0v) is 10.5. The van der Waals surface area contributed by atoms with E-state index in [-0.39, 0.29) is 5.91 Å². The molecule has 1 aliphatic carbocycles. The molecule has 3 nitrogen and oxygen atoms in total. The lowest BCUT2D eigenvalue weighted by molar-refractivity contribution is -0.140. The first kappa shape index (κ1) is 11.4. The van der Waals surface area contributed by atoms with Gasteiger partial charge in [-0.05, 0) is 19.3 Å². The molecule has 2 atom stereocenters. The van der Waals surface area contributed by atoms with E-state index >= 15 is 0 Å². The highest BCUT2D eigenvalue weighted by molar-refractivity contribution is 9.09. The lowest BCUT2D eigenvalue weighted by Crippen LogP contribution is -2.54. The van der Waals surface area contributed by atoms with Crippen molar-refractivity contribution in [3.05, 3.63) is 0 Å². The van der Waals surface area contributed by atoms with Crippen LogP contribution in [0, 0.1) is 5.92 Å². The van der Waals surface area contributed by atoms with Crippen LogP contribution in [0.1, 0.15) is 32.1 Å². The molecular weight excluding hydrogens is 258 g/mol. The maximum absolute atomic E-state index is 11.5. The minimum atomic E-state index is -0.471. The number of fused-ring (bicyclic) bond motifs is 1. The first-order chi connectivity index (χ1) is 7.15. The number of aliphatic hydroxyl groups is 1. The molecule has 0 bridgehead atoms. The number of alkyl halides is 1. The van der Waals surface area contributed by atoms with Crippen molar-refractivity contribution in [3.63, 3.8) is 0 Å². The molecule has 2 aliphatic rings. The van der Waals surface area contributed by atoms with Crippen LogP contribution in [-0.4, -0.2) is 39.9 Å². The number of carbonyl (C=O) groups is 1. The van der Waals surface area contributed by atoms with Crippen LogP contribution in [0.3, 0.4) is 0 Å². The van der Waals surface area contributed by atoms with Crippen molar-refractivity contribution in [2.75, 3.05) is 18.4 Å². The second kappa shape index (κ2) is 4.42. The number of hydrogen-bond donors (Lipinski definition) is 1. The molecule has 1 heterocycles. The zero-order chi connectivity index (χ0) is 10.9. The average Bonchev–Trinajstić information content (AvgIpc) is 2.26. The van der Waals surface area contributed by atoms with Crippen molar-refractivity contribution >= 4 is 21.8 Å². The largest absolute Gasteiger partial charge is 0.389 e. The first-order valence-corrected chi connectivity index (χ1v) is 6.84. The Balaban J connectivity index is 2.02. The smallest absolute Gasteiger partial charge is 0.233 e. The van der Waals surface area contributed by atoms with Gasteiger partial charge in [0.05, 0.1) is 10.9 Å². The van der Waals surface area contributed by atoms with Gasteiger partial charge in [-0.1, -0.05) is 28.8 Å². The number of nitrogens with zero attached hydrogens (tertiary/aromatic N) is 1. The molecule has 0 aromatic rings. The van der Waals surface area contributed by atoms with Crippen molar-refractivity contribution in [3.8, 4) is 0 Å². The minimum absolute atomic E-state index is 0.155. The normalized spacial score (nSPS) is 36.1. The molecule has 15 heavy (non-hydrogen) atoms. The van der Waals surface area contributed by atoms with Crippen LogP contribution < -0.4 is 0 Å². The van der Waals surface area contributed by atoms with Gasteiger partial charge >= 0.3 is 0 Å². The van der Waals surface area contributed by atoms with Crippen LogP contribution in [0.25, 0.3) is 0 Å². The Kier molecular flexibility index (Phi) is 3.36. The molecule has 1 aliphatic heterocycles. The van der Waals surface area contributed by atoms with Gasteiger partial charge in [-0.15, -0.1) is 0 Å². The minimum Gasteiger partial charge on any atom is -0.389 e. The van der Waals surface area contributed by atoms with Gasteiger partial charge in [-0.25, -0.2) is 0 Å². The number of hydrogen-bond acceptors (Lipinski definition) is 2. The Morgan fingerprint density at radius 1 is 1.47 bits per heavy atom. The molecule has 1 N–H and O–H groups in total. The van der Waals surface area contributed by atoms with E-state index in [2.05, 4.69) is 15.9 Å². The molecule has 0 spiro atoms. The summed E-state index contributed by atoms with van der Waals surface area (Å²) in [5, 5.41) is 10.8. The van der Waals surface area contributed by atoms with Crippen LogP contribution in [0.15, 0.2) is 0 Å². The van der Waals surface area contributed by atoms with Gasteiger partial charge in [0, 0.05) is 19.0 Å². The summed E-state index contributed by atoms with van der Waals surface area (Å²) in [6, 6.07) is 0. The number of rotatable bonds is 1. The molecule has 2 rings (SSSR count). The van der Waals surface area contributed by atoms with Gasteiger partial charge in [-0.2, -0.15) is 0 Å². The van der Waals surface area contributed by atoms with E-state index < -0.39 is 5.60 Å². The van der Waals surface area contributed by atoms with Gasteiger partial charge in [0.2, 0.25) is 5.91 Å². The van der Waals surface area contributed by atoms with E-state index in [1.54, 1.807) is 0 Å². The summed E-state index contributed by atoms with van der Waals surface area (Å²) in [6.45, 7) is 1.47. The predicted octanol–water partition coefficient (Wildman–Crippen LogP) is 1.53. The molecule has 2 unspecified atom stereocenters. The molecule has 86 valence electrons. The maximum atomic E-state index is 11.5. The lowest BCUT2D eigenvalue weighted by Gasteiger charge is -2.47. The summed E-state index contributed by atoms with van der Waals surface area (Å²) < 4.78 is 0. The van der Waals surface area contributed by atoms with Gasteiger partial charge in [0.1, 0.15) is 0 Å². The van der Waals surface area contributed by atoms with Crippen LogP contribution in [-0.2, 0) is 4.79 Å². The Hall–Kier alpha value is -0.0900. The van der Waals surface area contributed by atoms with E-state index in [9.17, 15) is 9.90 Å². The Morgan fingerprint density at radius 2 is 2.27 bits per heavy atom. The van der Waals surface area contributed by atoms with E-state index in [4.69, 9.17) is 0 Å². The van der Waals surface area contributed by atoms with Gasteiger partial charge < -0.3 is 10.0 Å². The topological polar surface area (TPSA) is 40.5 Å². The van der Waals surface area contributed by atoms with Crippen molar-refractivity contribution in [2.24, 2.45) is 5.92 Å². The molecule has 1 saturated carbocycles. The predicted molar refractivity (Wildman–Crippen MR) is 61.9 cm³/mol. The Bertz CT molecular complexity index is 259. The fourth-order valence-electron chi connectivity index (χ4n) is 2.88. The third kappa shape index (κ3) is 2.21. The third-order valence-electron chi connectivity index (χ3n) is 3.89. The number of piperidine rings is 1. The van der Waals surface area contributed by atoms with Crippen LogP contribution in [0.4, 0.5) is 0 Å². The second-order valence-electron chi connectivity index (χ2n) is 4.77. The lowest BCUT2D eigenvalue weighted by atomic mass is 9.71. The summed E-state index contributed by atoms with van der Waals surface area (Å²) in [5.74, 6) is 0.464. The van der Waals surface area contributed by atoms with Crippen molar-refractivity contribution in [1.82, 2.24) is 4.90 Å². The van der Waals surface area contributed by atoms with Crippen molar-refractivity contribution in [2.45, 2.75) is 37.7 Å². The second-order valence-corrected chi connectivity index (χ2v) is 5.33. The van der Waals surface area contributed by atoms with Crippen LogP contribution in [0.2, 0.25) is 0 Å². The van der Waals surface area contributed by atoms with Gasteiger partial charge in [-0.3, -0.25) is 4.79 Å². The number of halogens is 1. The maximum Gasteiger partial charge on any atom is 0.233 e. The SMILES string of the molecule is O=C(CBr)N1CCC2(O)CCCCC2C1. The molecule has 0 aromatic heterocycles. The quantitative estimate of drug-likeness (QED) is 0.738. The summed E-state index contributed by atoms with van der Waals surface area (Å²) >= 11 is 3.20. The molecule has 4 heteroatoms. The van der Waals surface area contributed by atoms with Crippen LogP contribution >= 0.6 is 15.9 Å². The molecule has 0 radical (unpaired) electrons. The Labute approximate surface area is 99.0 Å². The van der Waals surface area contributed by atoms with Gasteiger partial charge in [0.25, 0.3) is 0 Å². The fourth-order valence-corrected chi connectivity index (χ4v) is 3.24. The van der Waals surface area contributed by atoms with E-state index in [0.29, 0.717) is 11.2 Å². The molecule has 1 amide bonds. The van der Waals surface area contributed by atoms with E-state index in [0.717, 1.165) is 38.8 Å². The third-order valence-corrected chi connectivity index (χ3v) is 4.37.